The largest absolute Gasteiger partial charge is 0.347 e. The summed E-state index contributed by atoms with van der Waals surface area (Å²) in [7, 11) is 0. The van der Waals surface area contributed by atoms with Gasteiger partial charge in [0.05, 0.1) is 6.61 Å². The molecule has 2 aliphatic rings. The molecule has 0 aromatic heterocycles. The van der Waals surface area contributed by atoms with Gasteiger partial charge in [-0.25, -0.2) is 0 Å². The maximum Gasteiger partial charge on any atom is 0.254 e. The van der Waals surface area contributed by atoms with E-state index in [1.54, 1.807) is 0 Å². The first kappa shape index (κ1) is 13.3. The molecule has 1 saturated heterocycles. The van der Waals surface area contributed by atoms with Crippen molar-refractivity contribution in [2.24, 2.45) is 0 Å². The van der Waals surface area contributed by atoms with Crippen molar-refractivity contribution in [1.29, 1.82) is 0 Å². The topological polar surface area (TPSA) is 38.3 Å². The normalized spacial score (nSPS) is 24.8. The molecule has 2 aliphatic heterocycles. The number of hydrogen-bond donors (Lipinski definition) is 1. The lowest BCUT2D eigenvalue weighted by Gasteiger charge is -2.26. The highest BCUT2D eigenvalue weighted by atomic mass is 16.5. The maximum absolute atomic E-state index is 12.3. The molecule has 2 aromatic carbocycles. The lowest BCUT2D eigenvalue weighted by molar-refractivity contribution is 0.00397. The average molecular weight is 291 g/mol. The van der Waals surface area contributed by atoms with Crippen molar-refractivity contribution in [1.82, 2.24) is 5.32 Å². The van der Waals surface area contributed by atoms with Crippen LogP contribution in [0.25, 0.3) is 6.08 Å². The minimum atomic E-state index is -0.783. The van der Waals surface area contributed by atoms with Gasteiger partial charge >= 0.3 is 0 Å². The molecule has 1 atom stereocenters. The minimum Gasteiger partial charge on any atom is -0.347 e. The molecule has 3 nitrogen and oxygen atoms in total. The standard InChI is InChI=1S/C19H17NO2/c1-13-7-8-16-17(11-13)19(20-18(16)21)15(9-10-22-19)12-14-5-3-2-4-6-14/h2-8,11-12H,9-10H2,1H3,(H,20,21)/b15-12+/t19-/m1/s1. The molecule has 0 saturated carbocycles. The van der Waals surface area contributed by atoms with Crippen LogP contribution in [-0.2, 0) is 10.5 Å². The van der Waals surface area contributed by atoms with E-state index in [0.29, 0.717) is 12.2 Å². The monoisotopic (exact) mass is 291 g/mol. The number of nitrogens with one attached hydrogen (secondary N) is 1. The van der Waals surface area contributed by atoms with Crippen LogP contribution in [0.1, 0.15) is 33.5 Å². The molecule has 2 heterocycles. The Hall–Kier alpha value is -2.39. The number of rotatable bonds is 1. The van der Waals surface area contributed by atoms with E-state index in [4.69, 9.17) is 4.74 Å². The molecule has 1 amide bonds. The van der Waals surface area contributed by atoms with Crippen molar-refractivity contribution >= 4 is 12.0 Å². The summed E-state index contributed by atoms with van der Waals surface area (Å²) in [5.41, 5.74) is 4.23. The van der Waals surface area contributed by atoms with Crippen LogP contribution in [0.5, 0.6) is 0 Å². The van der Waals surface area contributed by atoms with Crippen LogP contribution >= 0.6 is 0 Å². The summed E-state index contributed by atoms with van der Waals surface area (Å²) in [5.74, 6) is -0.0594. The van der Waals surface area contributed by atoms with E-state index in [1.165, 1.54) is 0 Å². The molecule has 0 bridgehead atoms. The number of amides is 1. The highest BCUT2D eigenvalue weighted by Crippen LogP contribution is 2.44. The maximum atomic E-state index is 12.3. The van der Waals surface area contributed by atoms with Crippen LogP contribution in [0.15, 0.2) is 54.1 Å². The number of ether oxygens (including phenoxy) is 1. The van der Waals surface area contributed by atoms with Crippen molar-refractivity contribution < 1.29 is 9.53 Å². The van der Waals surface area contributed by atoms with Crippen molar-refractivity contribution in [3.8, 4) is 0 Å². The SMILES string of the molecule is Cc1ccc2c(c1)[C@]1(NC2=O)OCC/C1=C\c1ccccc1. The lowest BCUT2D eigenvalue weighted by Crippen LogP contribution is -2.40. The zero-order chi connectivity index (χ0) is 15.2. The fourth-order valence-electron chi connectivity index (χ4n) is 3.32. The van der Waals surface area contributed by atoms with Gasteiger partial charge in [-0.1, -0.05) is 54.1 Å². The van der Waals surface area contributed by atoms with Crippen LogP contribution in [-0.4, -0.2) is 12.5 Å². The van der Waals surface area contributed by atoms with Gasteiger partial charge in [0.25, 0.3) is 5.91 Å². The van der Waals surface area contributed by atoms with Crippen molar-refractivity contribution in [2.75, 3.05) is 6.61 Å². The Kier molecular flexibility index (Phi) is 2.91. The van der Waals surface area contributed by atoms with E-state index in [-0.39, 0.29) is 5.91 Å². The van der Waals surface area contributed by atoms with Crippen LogP contribution in [0.3, 0.4) is 0 Å². The number of hydrogen-bond acceptors (Lipinski definition) is 2. The smallest absolute Gasteiger partial charge is 0.254 e. The highest BCUT2D eigenvalue weighted by Gasteiger charge is 2.49. The third-order valence-electron chi connectivity index (χ3n) is 4.37. The van der Waals surface area contributed by atoms with Crippen LogP contribution in [0.2, 0.25) is 0 Å². The van der Waals surface area contributed by atoms with Gasteiger partial charge in [0, 0.05) is 11.1 Å². The highest BCUT2D eigenvalue weighted by molar-refractivity contribution is 6.00. The number of benzene rings is 2. The van der Waals surface area contributed by atoms with Crippen molar-refractivity contribution in [3.63, 3.8) is 0 Å². The van der Waals surface area contributed by atoms with E-state index in [2.05, 4.69) is 29.6 Å². The number of aryl methyl sites for hydroxylation is 1. The molecule has 1 N–H and O–H groups in total. The van der Waals surface area contributed by atoms with Crippen molar-refractivity contribution in [3.05, 3.63) is 76.4 Å². The molecule has 1 spiro atoms. The number of fused-ring (bicyclic) bond motifs is 2. The van der Waals surface area contributed by atoms with E-state index in [9.17, 15) is 4.79 Å². The zero-order valence-corrected chi connectivity index (χ0v) is 12.4. The van der Waals surface area contributed by atoms with E-state index in [1.807, 2.05) is 37.3 Å². The van der Waals surface area contributed by atoms with Crippen LogP contribution < -0.4 is 5.32 Å². The van der Waals surface area contributed by atoms with Crippen LogP contribution in [0.4, 0.5) is 0 Å². The van der Waals surface area contributed by atoms with Crippen molar-refractivity contribution in [2.45, 2.75) is 19.1 Å². The predicted molar refractivity (Wildman–Crippen MR) is 85.3 cm³/mol. The Morgan fingerprint density at radius 2 is 2.00 bits per heavy atom. The number of carbonyl (C=O) groups is 1. The molecule has 1 fully saturated rings. The van der Waals surface area contributed by atoms with E-state index < -0.39 is 5.72 Å². The lowest BCUT2D eigenvalue weighted by atomic mass is 9.92. The Morgan fingerprint density at radius 1 is 1.18 bits per heavy atom. The third kappa shape index (κ3) is 1.90. The fraction of sp³-hybridized carbons (Fsp3) is 0.211. The van der Waals surface area contributed by atoms with Gasteiger partial charge in [-0.3, -0.25) is 4.79 Å². The summed E-state index contributed by atoms with van der Waals surface area (Å²) < 4.78 is 6.04. The Morgan fingerprint density at radius 3 is 2.82 bits per heavy atom. The predicted octanol–water partition coefficient (Wildman–Crippen LogP) is 3.40. The molecule has 0 unspecified atom stereocenters. The molecule has 3 heteroatoms. The first-order chi connectivity index (χ1) is 10.7. The summed E-state index contributed by atoms with van der Waals surface area (Å²) in [6.45, 7) is 2.65. The zero-order valence-electron chi connectivity index (χ0n) is 12.4. The first-order valence-electron chi connectivity index (χ1n) is 7.53. The second-order valence-electron chi connectivity index (χ2n) is 5.86. The van der Waals surface area contributed by atoms with Gasteiger partial charge in [0.15, 0.2) is 5.72 Å². The van der Waals surface area contributed by atoms with E-state index >= 15 is 0 Å². The van der Waals surface area contributed by atoms with Gasteiger partial charge in [0.2, 0.25) is 0 Å². The first-order valence-corrected chi connectivity index (χ1v) is 7.53. The summed E-state index contributed by atoms with van der Waals surface area (Å²) in [6.07, 6.45) is 2.95. The molecule has 0 radical (unpaired) electrons. The van der Waals surface area contributed by atoms with Gasteiger partial charge < -0.3 is 10.1 Å². The summed E-state index contributed by atoms with van der Waals surface area (Å²) in [6, 6.07) is 16.1. The number of carbonyl (C=O) groups excluding carboxylic acids is 1. The summed E-state index contributed by atoms with van der Waals surface area (Å²) in [5, 5.41) is 3.06. The Labute approximate surface area is 129 Å². The quantitative estimate of drug-likeness (QED) is 0.874. The molecular formula is C19H17NO2. The minimum absolute atomic E-state index is 0.0594. The van der Waals surface area contributed by atoms with E-state index in [0.717, 1.165) is 28.7 Å². The van der Waals surface area contributed by atoms with Crippen LogP contribution in [0, 0.1) is 6.92 Å². The fourth-order valence-corrected chi connectivity index (χ4v) is 3.32. The average Bonchev–Trinajstić information content (AvgIpc) is 3.03. The molecule has 2 aromatic rings. The van der Waals surface area contributed by atoms with Gasteiger partial charge in [-0.15, -0.1) is 0 Å². The molecule has 22 heavy (non-hydrogen) atoms. The third-order valence-corrected chi connectivity index (χ3v) is 4.37. The summed E-state index contributed by atoms with van der Waals surface area (Å²) >= 11 is 0. The second kappa shape index (κ2) is 4.82. The Balaban J connectivity index is 1.86. The molecule has 0 aliphatic carbocycles. The second-order valence-corrected chi connectivity index (χ2v) is 5.86. The summed E-state index contributed by atoms with van der Waals surface area (Å²) in [4.78, 5) is 12.3. The molecular weight excluding hydrogens is 274 g/mol. The molecule has 4 rings (SSSR count). The Bertz CT molecular complexity index is 779. The van der Waals surface area contributed by atoms with Gasteiger partial charge in [-0.2, -0.15) is 0 Å². The van der Waals surface area contributed by atoms with Gasteiger partial charge in [-0.05, 0) is 30.5 Å². The van der Waals surface area contributed by atoms with Gasteiger partial charge in [0.1, 0.15) is 0 Å². The molecule has 110 valence electrons.